The van der Waals surface area contributed by atoms with Crippen molar-refractivity contribution in [2.75, 3.05) is 5.06 Å². The molecule has 199 valence electrons. The molecule has 11 nitrogen and oxygen atoms in total. The number of nitro groups is 1. The van der Waals surface area contributed by atoms with E-state index in [1.165, 1.54) is 36.5 Å². The largest absolute Gasteiger partial charge is 2.00 e. The summed E-state index contributed by atoms with van der Waals surface area (Å²) in [4.78, 5) is 21.7. The predicted molar refractivity (Wildman–Crippen MR) is 137 cm³/mol. The van der Waals surface area contributed by atoms with E-state index in [-0.39, 0.29) is 41.0 Å². The minimum Gasteiger partial charge on any atom is -2.00 e. The van der Waals surface area contributed by atoms with Gasteiger partial charge in [0.15, 0.2) is 0 Å². The predicted octanol–water partition coefficient (Wildman–Crippen LogP) is 3.52. The number of non-ortho nitro benzene ring substituents is 1. The maximum absolute atomic E-state index is 11.8. The molecule has 0 saturated heterocycles. The number of carbonyl (C=O) groups is 1. The van der Waals surface area contributed by atoms with Gasteiger partial charge in [0.2, 0.25) is 5.91 Å². The van der Waals surface area contributed by atoms with E-state index in [0.29, 0.717) is 21.9 Å². The molecule has 4 rings (SSSR count). The molecule has 0 aliphatic heterocycles. The van der Waals surface area contributed by atoms with Crippen molar-refractivity contribution in [1.29, 1.82) is 0 Å². The molecule has 0 spiro atoms. The van der Waals surface area contributed by atoms with Crippen LogP contribution in [-0.4, -0.2) is 22.9 Å². The zero-order valence-electron chi connectivity index (χ0n) is 20.1. The molecule has 1 radical (unpaired) electrons. The number of hydroxylamine groups is 1. The van der Waals surface area contributed by atoms with Crippen molar-refractivity contribution < 1.29 is 44.0 Å². The third-order valence-corrected chi connectivity index (χ3v) is 4.79. The Labute approximate surface area is 235 Å². The van der Waals surface area contributed by atoms with E-state index in [9.17, 15) is 30.3 Å². The van der Waals surface area contributed by atoms with Gasteiger partial charge in [-0.25, -0.2) is 0 Å². The molecule has 0 unspecified atom stereocenters. The minimum absolute atomic E-state index is 0. The second-order valence-corrected chi connectivity index (χ2v) is 7.29. The van der Waals surface area contributed by atoms with E-state index in [1.54, 1.807) is 78.9 Å². The fourth-order valence-electron chi connectivity index (χ4n) is 2.89. The molecule has 0 aliphatic rings. The fraction of sp³-hybridized carbons (Fsp3) is 0. The molecular weight excluding hydrogens is 543 g/mol. The summed E-state index contributed by atoms with van der Waals surface area (Å²) in [5.41, 5.74) is 1.11. The Bertz CT molecular complexity index is 1400. The summed E-state index contributed by atoms with van der Waals surface area (Å²) < 4.78 is 0. The van der Waals surface area contributed by atoms with Gasteiger partial charge in [-0.2, -0.15) is 10.2 Å². The number of carbonyl (C=O) groups excluding carboxylic acids is 1. The molecule has 0 bridgehead atoms. The van der Waals surface area contributed by atoms with Crippen LogP contribution in [0.1, 0.15) is 21.5 Å². The molecule has 0 fully saturated rings. The number of hydrogen-bond donors (Lipinski definition) is 0. The summed E-state index contributed by atoms with van der Waals surface area (Å²) in [7, 11) is 0. The maximum atomic E-state index is 11.8. The number of nitro benzene ring substituents is 1. The van der Waals surface area contributed by atoms with Gasteiger partial charge in [0.1, 0.15) is 0 Å². The Kier molecular flexibility index (Phi) is 13.3. The molecule has 0 heterocycles. The SMILES string of the molecule is O=C(c1ccccc1)N([O-])c1ccccc1.O=[N+]([O-])c1ccc(/C([O-])=N/N=C/c2ccccc2[O-])cc1.[O-2].[V]. The number of nitrogens with zero attached hydrogens (tertiary/aromatic N) is 4. The molecule has 0 atom stereocenters. The van der Waals surface area contributed by atoms with E-state index < -0.39 is 16.7 Å². The van der Waals surface area contributed by atoms with Crippen molar-refractivity contribution in [3.63, 3.8) is 0 Å². The second kappa shape index (κ2) is 16.1. The summed E-state index contributed by atoms with van der Waals surface area (Å²) in [5, 5.41) is 52.6. The number of benzene rings is 4. The van der Waals surface area contributed by atoms with Crippen molar-refractivity contribution >= 4 is 29.4 Å². The maximum Gasteiger partial charge on any atom is 0.269 e. The van der Waals surface area contributed by atoms with Crippen LogP contribution in [0.3, 0.4) is 0 Å². The molecular formula is C27H19N4O7V-5. The Morgan fingerprint density at radius 1 is 0.795 bits per heavy atom. The third-order valence-electron chi connectivity index (χ3n) is 4.79. The molecule has 1 amide bonds. The average molecular weight is 562 g/mol. The Hall–Kier alpha value is -4.81. The summed E-state index contributed by atoms with van der Waals surface area (Å²) >= 11 is 0. The van der Waals surface area contributed by atoms with Gasteiger partial charge in [0.25, 0.3) is 5.69 Å². The average Bonchev–Trinajstić information content (AvgIpc) is 2.94. The van der Waals surface area contributed by atoms with Gasteiger partial charge >= 0.3 is 0 Å². The molecule has 0 saturated carbocycles. The normalized spacial score (nSPS) is 10.3. The first-order valence-electron chi connectivity index (χ1n) is 10.8. The van der Waals surface area contributed by atoms with Gasteiger partial charge < -0.3 is 26.0 Å². The van der Waals surface area contributed by atoms with Crippen LogP contribution in [0.15, 0.2) is 119 Å². The van der Waals surface area contributed by atoms with Gasteiger partial charge in [-0.3, -0.25) is 14.9 Å². The number of hydrogen-bond acceptors (Lipinski definition) is 8. The zero-order valence-corrected chi connectivity index (χ0v) is 21.5. The molecule has 12 heteroatoms. The van der Waals surface area contributed by atoms with E-state index in [2.05, 4.69) is 10.2 Å². The third kappa shape index (κ3) is 9.54. The molecule has 0 N–H and O–H groups in total. The first kappa shape index (κ1) is 32.2. The van der Waals surface area contributed by atoms with E-state index >= 15 is 0 Å². The Morgan fingerprint density at radius 3 is 1.90 bits per heavy atom. The molecule has 0 aliphatic carbocycles. The van der Waals surface area contributed by atoms with Crippen molar-refractivity contribution in [3.8, 4) is 5.75 Å². The van der Waals surface area contributed by atoms with Crippen LogP contribution in [-0.2, 0) is 24.0 Å². The fourth-order valence-corrected chi connectivity index (χ4v) is 2.89. The monoisotopic (exact) mass is 562 g/mol. The van der Waals surface area contributed by atoms with Crippen molar-refractivity contribution in [1.82, 2.24) is 0 Å². The Balaban J connectivity index is 0.000000382. The van der Waals surface area contributed by atoms with Crippen LogP contribution in [0, 0.1) is 15.3 Å². The van der Waals surface area contributed by atoms with Crippen molar-refractivity contribution in [3.05, 3.63) is 141 Å². The van der Waals surface area contributed by atoms with E-state index in [1.807, 2.05) is 0 Å². The molecule has 39 heavy (non-hydrogen) atoms. The summed E-state index contributed by atoms with van der Waals surface area (Å²) in [6.07, 6.45) is 1.19. The summed E-state index contributed by atoms with van der Waals surface area (Å²) in [6.45, 7) is 0. The topological polar surface area (TPSA) is 186 Å². The van der Waals surface area contributed by atoms with Crippen LogP contribution in [0.2, 0.25) is 0 Å². The first-order chi connectivity index (χ1) is 17.9. The van der Waals surface area contributed by atoms with Crippen molar-refractivity contribution in [2.24, 2.45) is 10.2 Å². The number of amides is 1. The van der Waals surface area contributed by atoms with Gasteiger partial charge in [0.05, 0.1) is 11.1 Å². The molecule has 4 aromatic carbocycles. The van der Waals surface area contributed by atoms with Gasteiger partial charge in [-0.15, -0.1) is 0 Å². The second-order valence-electron chi connectivity index (χ2n) is 7.29. The number of rotatable bonds is 6. The van der Waals surface area contributed by atoms with Crippen LogP contribution < -0.4 is 15.3 Å². The van der Waals surface area contributed by atoms with Crippen molar-refractivity contribution in [2.45, 2.75) is 0 Å². The van der Waals surface area contributed by atoms with E-state index in [0.717, 1.165) is 0 Å². The van der Waals surface area contributed by atoms with Crippen LogP contribution >= 0.6 is 0 Å². The standard InChI is InChI=1S/C14H11N3O4.C13H10NO2.O.V/c18-13-4-2-1-3-11(13)9-15-16-14(19)10-5-7-12(8-6-10)17(20)21;15-13(11-7-3-1-4-8-11)14(16)12-9-5-2-6-10-12;;/h1-9,18H,(H,16,19);1-10H;;/q;-1;-2;/p-2/b15-9+;;;. The number of para-hydroxylation sites is 2. The first-order valence-corrected chi connectivity index (χ1v) is 10.8. The summed E-state index contributed by atoms with van der Waals surface area (Å²) in [6, 6.07) is 28.1. The van der Waals surface area contributed by atoms with Crippen LogP contribution in [0.5, 0.6) is 5.75 Å². The quantitative estimate of drug-likeness (QED) is 0.150. The van der Waals surface area contributed by atoms with Crippen LogP contribution in [0.4, 0.5) is 11.4 Å². The van der Waals surface area contributed by atoms with Gasteiger partial charge in [0, 0.05) is 47.8 Å². The van der Waals surface area contributed by atoms with E-state index in [4.69, 9.17) is 0 Å². The zero-order chi connectivity index (χ0) is 26.6. The minimum atomic E-state index is -0.649. The number of anilines is 1. The summed E-state index contributed by atoms with van der Waals surface area (Å²) in [5.74, 6) is -1.42. The Morgan fingerprint density at radius 2 is 1.33 bits per heavy atom. The molecule has 4 aromatic rings. The van der Waals surface area contributed by atoms with Gasteiger partial charge in [-0.1, -0.05) is 66.4 Å². The van der Waals surface area contributed by atoms with Gasteiger partial charge in [-0.05, 0) is 47.5 Å². The van der Waals surface area contributed by atoms with Crippen LogP contribution in [0.25, 0.3) is 0 Å². The molecule has 0 aromatic heterocycles. The smallest absolute Gasteiger partial charge is 0.269 e.